The summed E-state index contributed by atoms with van der Waals surface area (Å²) in [4.78, 5) is 25.2. The zero-order chi connectivity index (χ0) is 12.4. The third kappa shape index (κ3) is 2.35. The van der Waals surface area contributed by atoms with Gasteiger partial charge in [0.1, 0.15) is 11.5 Å². The molecule has 0 atom stereocenters. The summed E-state index contributed by atoms with van der Waals surface area (Å²) in [6.07, 6.45) is 5.67. The van der Waals surface area contributed by atoms with Gasteiger partial charge in [0.15, 0.2) is 0 Å². The van der Waals surface area contributed by atoms with E-state index < -0.39 is 11.2 Å². The number of hydrogen-bond donors (Lipinski definition) is 3. The van der Waals surface area contributed by atoms with E-state index in [1.54, 1.807) is 7.05 Å². The van der Waals surface area contributed by atoms with Crippen LogP contribution < -0.4 is 22.3 Å². The van der Waals surface area contributed by atoms with Crippen molar-refractivity contribution in [2.45, 2.75) is 38.1 Å². The number of anilines is 2. The first-order valence-corrected chi connectivity index (χ1v) is 5.95. The van der Waals surface area contributed by atoms with Crippen LogP contribution in [0.4, 0.5) is 11.5 Å². The maximum absolute atomic E-state index is 11.7. The van der Waals surface area contributed by atoms with Crippen molar-refractivity contribution < 1.29 is 0 Å². The number of rotatable bonds is 2. The smallest absolute Gasteiger partial charge is 0.329 e. The molecule has 1 heterocycles. The highest BCUT2D eigenvalue weighted by atomic mass is 16.2. The summed E-state index contributed by atoms with van der Waals surface area (Å²) in [5.74, 6) is 0.198. The van der Waals surface area contributed by atoms with Gasteiger partial charge >= 0.3 is 5.69 Å². The van der Waals surface area contributed by atoms with Crippen LogP contribution in [0.5, 0.6) is 0 Å². The second kappa shape index (κ2) is 4.65. The minimum Gasteiger partial charge on any atom is -0.383 e. The van der Waals surface area contributed by atoms with Crippen LogP contribution >= 0.6 is 0 Å². The second-order valence-electron chi connectivity index (χ2n) is 4.56. The fourth-order valence-corrected chi connectivity index (χ4v) is 2.23. The van der Waals surface area contributed by atoms with Gasteiger partial charge < -0.3 is 11.1 Å². The summed E-state index contributed by atoms with van der Waals surface area (Å²) in [7, 11) is 1.54. The van der Waals surface area contributed by atoms with Crippen LogP contribution in [0.3, 0.4) is 0 Å². The molecule has 2 rings (SSSR count). The summed E-state index contributed by atoms with van der Waals surface area (Å²) in [6, 6.07) is 0.282. The molecule has 6 nitrogen and oxygen atoms in total. The van der Waals surface area contributed by atoms with Gasteiger partial charge in [0, 0.05) is 13.1 Å². The van der Waals surface area contributed by atoms with Gasteiger partial charge in [0.2, 0.25) is 0 Å². The molecule has 17 heavy (non-hydrogen) atoms. The van der Waals surface area contributed by atoms with Crippen LogP contribution in [0.25, 0.3) is 0 Å². The number of nitrogen functional groups attached to an aromatic ring is 1. The highest BCUT2D eigenvalue weighted by Crippen LogP contribution is 2.21. The number of aromatic amines is 1. The molecule has 1 aromatic heterocycles. The lowest BCUT2D eigenvalue weighted by Gasteiger charge is -2.24. The fraction of sp³-hybridized carbons (Fsp3) is 0.636. The average Bonchev–Trinajstić information content (AvgIpc) is 2.33. The highest BCUT2D eigenvalue weighted by molar-refractivity contribution is 5.60. The van der Waals surface area contributed by atoms with Crippen LogP contribution in [0.15, 0.2) is 9.59 Å². The Morgan fingerprint density at radius 3 is 2.59 bits per heavy atom. The van der Waals surface area contributed by atoms with E-state index in [4.69, 9.17) is 5.73 Å². The Morgan fingerprint density at radius 1 is 1.29 bits per heavy atom. The Morgan fingerprint density at radius 2 is 1.94 bits per heavy atom. The Bertz CT molecular complexity index is 511. The topological polar surface area (TPSA) is 92.9 Å². The van der Waals surface area contributed by atoms with E-state index in [0.29, 0.717) is 5.69 Å². The second-order valence-corrected chi connectivity index (χ2v) is 4.56. The highest BCUT2D eigenvalue weighted by Gasteiger charge is 2.17. The third-order valence-corrected chi connectivity index (χ3v) is 3.32. The molecule has 0 spiro atoms. The summed E-state index contributed by atoms with van der Waals surface area (Å²) in [6.45, 7) is 0. The number of hydrogen-bond acceptors (Lipinski definition) is 4. The molecule has 1 aliphatic rings. The van der Waals surface area contributed by atoms with Crippen molar-refractivity contribution in [2.24, 2.45) is 7.05 Å². The van der Waals surface area contributed by atoms with Gasteiger partial charge in [0.05, 0.1) is 0 Å². The first-order chi connectivity index (χ1) is 8.09. The summed E-state index contributed by atoms with van der Waals surface area (Å²) in [5.41, 5.74) is 5.18. The number of nitrogens with one attached hydrogen (secondary N) is 2. The molecule has 0 amide bonds. The monoisotopic (exact) mass is 238 g/mol. The first kappa shape index (κ1) is 11.8. The molecule has 0 saturated heterocycles. The van der Waals surface area contributed by atoms with E-state index in [1.165, 1.54) is 23.8 Å². The summed E-state index contributed by atoms with van der Waals surface area (Å²) < 4.78 is 1.24. The average molecular weight is 238 g/mol. The minimum absolute atomic E-state index is 0.198. The number of H-pyrrole nitrogens is 1. The van der Waals surface area contributed by atoms with Crippen LogP contribution in [0.2, 0.25) is 0 Å². The lowest BCUT2D eigenvalue weighted by Crippen LogP contribution is -2.35. The Labute approximate surface area is 98.8 Å². The largest absolute Gasteiger partial charge is 0.383 e. The van der Waals surface area contributed by atoms with Crippen LogP contribution in [-0.4, -0.2) is 15.6 Å². The van der Waals surface area contributed by atoms with Gasteiger partial charge in [0.25, 0.3) is 5.56 Å². The molecule has 6 heteroatoms. The minimum atomic E-state index is -0.485. The van der Waals surface area contributed by atoms with Crippen LogP contribution in [0, 0.1) is 0 Å². The quantitative estimate of drug-likeness (QED) is 0.695. The standard InChI is InChI=1S/C11H18N4O2/c1-15-9(12)8(10(16)14-11(15)17)13-7-5-3-2-4-6-7/h7,13H,2-6,12H2,1H3,(H,14,16,17). The van der Waals surface area contributed by atoms with E-state index in [-0.39, 0.29) is 11.9 Å². The van der Waals surface area contributed by atoms with E-state index in [0.717, 1.165) is 12.8 Å². The van der Waals surface area contributed by atoms with Crippen molar-refractivity contribution in [1.82, 2.24) is 9.55 Å². The fourth-order valence-electron chi connectivity index (χ4n) is 2.23. The number of nitrogens with two attached hydrogens (primary N) is 1. The Hall–Kier alpha value is -1.72. The van der Waals surface area contributed by atoms with Crippen LogP contribution in [-0.2, 0) is 7.05 Å². The van der Waals surface area contributed by atoms with Gasteiger partial charge in [-0.3, -0.25) is 14.3 Å². The molecule has 1 saturated carbocycles. The van der Waals surface area contributed by atoms with Crippen molar-refractivity contribution in [1.29, 1.82) is 0 Å². The predicted octanol–water partition coefficient (Wildman–Crippen LogP) is 0.400. The number of nitrogens with zero attached hydrogens (tertiary/aromatic N) is 1. The maximum Gasteiger partial charge on any atom is 0.329 e. The molecule has 0 unspecified atom stereocenters. The molecule has 1 fully saturated rings. The molecule has 0 aliphatic heterocycles. The van der Waals surface area contributed by atoms with Crippen molar-refractivity contribution in [3.05, 3.63) is 20.8 Å². The molecule has 94 valence electrons. The predicted molar refractivity (Wildman–Crippen MR) is 67.2 cm³/mol. The summed E-state index contributed by atoms with van der Waals surface area (Å²) in [5, 5.41) is 3.16. The molecule has 0 aromatic carbocycles. The van der Waals surface area contributed by atoms with Gasteiger partial charge in [-0.25, -0.2) is 4.79 Å². The molecule has 4 N–H and O–H groups in total. The van der Waals surface area contributed by atoms with Crippen molar-refractivity contribution in [2.75, 3.05) is 11.1 Å². The normalized spacial score (nSPS) is 17.0. The third-order valence-electron chi connectivity index (χ3n) is 3.32. The van der Waals surface area contributed by atoms with Gasteiger partial charge in [-0.15, -0.1) is 0 Å². The molecule has 1 aliphatic carbocycles. The van der Waals surface area contributed by atoms with E-state index in [2.05, 4.69) is 10.3 Å². The van der Waals surface area contributed by atoms with E-state index in [9.17, 15) is 9.59 Å². The summed E-state index contributed by atoms with van der Waals surface area (Å²) >= 11 is 0. The van der Waals surface area contributed by atoms with Gasteiger partial charge in [-0.1, -0.05) is 19.3 Å². The zero-order valence-corrected chi connectivity index (χ0v) is 9.95. The van der Waals surface area contributed by atoms with Crippen molar-refractivity contribution in [3.63, 3.8) is 0 Å². The molecular formula is C11H18N4O2. The van der Waals surface area contributed by atoms with Crippen molar-refractivity contribution >= 4 is 11.5 Å². The molecule has 0 radical (unpaired) electrons. The van der Waals surface area contributed by atoms with Gasteiger partial charge in [-0.05, 0) is 12.8 Å². The Balaban J connectivity index is 2.29. The number of aromatic nitrogens is 2. The maximum atomic E-state index is 11.7. The van der Waals surface area contributed by atoms with E-state index >= 15 is 0 Å². The van der Waals surface area contributed by atoms with Crippen molar-refractivity contribution in [3.8, 4) is 0 Å². The molecule has 0 bridgehead atoms. The zero-order valence-electron chi connectivity index (χ0n) is 9.95. The van der Waals surface area contributed by atoms with Crippen LogP contribution in [0.1, 0.15) is 32.1 Å². The van der Waals surface area contributed by atoms with E-state index in [1.807, 2.05) is 0 Å². The first-order valence-electron chi connectivity index (χ1n) is 5.95. The Kier molecular flexibility index (Phi) is 3.21. The van der Waals surface area contributed by atoms with Gasteiger partial charge in [-0.2, -0.15) is 0 Å². The lowest BCUT2D eigenvalue weighted by molar-refractivity contribution is 0.462. The lowest BCUT2D eigenvalue weighted by atomic mass is 9.95. The molecule has 1 aromatic rings. The molecular weight excluding hydrogens is 220 g/mol. The SMILES string of the molecule is Cn1c(N)c(NC2CCCCC2)c(=O)[nH]c1=O.